The van der Waals surface area contributed by atoms with Crippen molar-refractivity contribution in [2.75, 3.05) is 36.5 Å². The predicted molar refractivity (Wildman–Crippen MR) is 164 cm³/mol. The van der Waals surface area contributed by atoms with E-state index in [1.807, 2.05) is 91.0 Å². The fourth-order valence-electron chi connectivity index (χ4n) is 5.81. The monoisotopic (exact) mass is 618 g/mol. The number of halogens is 3. The molecule has 6 rings (SSSR count). The van der Waals surface area contributed by atoms with Gasteiger partial charge in [0.25, 0.3) is 5.92 Å². The molecule has 45 heavy (non-hydrogen) atoms. The maximum Gasteiger partial charge on any atom is 0.409 e. The summed E-state index contributed by atoms with van der Waals surface area (Å²) in [6, 6.07) is 32.2. The largest absolute Gasteiger partial charge is 0.489 e. The zero-order chi connectivity index (χ0) is 31.4. The number of nitrogens with one attached hydrogen (secondary N) is 1. The van der Waals surface area contributed by atoms with E-state index in [0.717, 1.165) is 22.8 Å². The van der Waals surface area contributed by atoms with Crippen LogP contribution in [-0.2, 0) is 15.1 Å². The Morgan fingerprint density at radius 1 is 0.867 bits per heavy atom. The Kier molecular flexibility index (Phi) is 8.69. The summed E-state index contributed by atoms with van der Waals surface area (Å²) in [5.74, 6) is -3.45. The maximum absolute atomic E-state index is 15.0. The third kappa shape index (κ3) is 6.77. The Hall–Kier alpha value is -4.54. The van der Waals surface area contributed by atoms with Crippen molar-refractivity contribution in [3.63, 3.8) is 0 Å². The van der Waals surface area contributed by atoms with Crippen LogP contribution in [0, 0.1) is 5.82 Å². The summed E-state index contributed by atoms with van der Waals surface area (Å²) in [6.45, 7) is 0.197. The maximum atomic E-state index is 15.0. The van der Waals surface area contributed by atoms with Crippen molar-refractivity contribution in [1.82, 2.24) is 0 Å². The predicted octanol–water partition coefficient (Wildman–Crippen LogP) is 7.31. The Bertz CT molecular complexity index is 1500. The van der Waals surface area contributed by atoms with E-state index in [2.05, 4.69) is 5.32 Å². The minimum Gasteiger partial charge on any atom is -0.489 e. The summed E-state index contributed by atoms with van der Waals surface area (Å²) in [5.41, 5.74) is 1.93. The van der Waals surface area contributed by atoms with E-state index in [0.29, 0.717) is 0 Å². The second-order valence-corrected chi connectivity index (χ2v) is 11.2. The van der Waals surface area contributed by atoms with E-state index in [-0.39, 0.29) is 55.6 Å². The highest BCUT2D eigenvalue weighted by atomic mass is 19.3. The van der Waals surface area contributed by atoms with Crippen LogP contribution in [0.2, 0.25) is 0 Å². The number of rotatable bonds is 11. The zero-order valence-electron chi connectivity index (χ0n) is 24.4. The van der Waals surface area contributed by atoms with Gasteiger partial charge in [0.1, 0.15) is 36.0 Å². The summed E-state index contributed by atoms with van der Waals surface area (Å²) >= 11 is 0. The molecule has 2 aliphatic rings. The molecule has 2 aliphatic heterocycles. The molecule has 1 amide bonds. The van der Waals surface area contributed by atoms with Gasteiger partial charge in [-0.25, -0.2) is 18.0 Å². The minimum absolute atomic E-state index is 0.0355. The third-order valence-corrected chi connectivity index (χ3v) is 8.22. The molecule has 0 radical (unpaired) electrons. The number of epoxide rings is 1. The first-order chi connectivity index (χ1) is 21.7. The lowest BCUT2D eigenvalue weighted by Crippen LogP contribution is -2.39. The SMILES string of the molecule is O=C(O)Nc1cc(F)c(N2CCC(F)(F)CC2)cc1OC[C@H]1O[C@H]1COC(c1ccccc1)(c1ccccc1)c1ccccc1. The van der Waals surface area contributed by atoms with Crippen LogP contribution in [0.15, 0.2) is 103 Å². The van der Waals surface area contributed by atoms with Crippen LogP contribution in [0.1, 0.15) is 29.5 Å². The lowest BCUT2D eigenvalue weighted by molar-refractivity contribution is -0.0221. The molecule has 0 saturated carbocycles. The van der Waals surface area contributed by atoms with Crippen molar-refractivity contribution >= 4 is 17.5 Å². The first kappa shape index (κ1) is 30.5. The van der Waals surface area contributed by atoms with Crippen LogP contribution in [0.5, 0.6) is 5.75 Å². The molecule has 10 heteroatoms. The molecule has 0 spiro atoms. The normalized spacial score (nSPS) is 19.1. The highest BCUT2D eigenvalue weighted by Gasteiger charge is 2.45. The smallest absolute Gasteiger partial charge is 0.409 e. The number of nitrogens with zero attached hydrogens (tertiary/aromatic N) is 1. The summed E-state index contributed by atoms with van der Waals surface area (Å²) < 4.78 is 61.1. The second-order valence-electron chi connectivity index (χ2n) is 11.2. The molecule has 2 saturated heterocycles. The van der Waals surface area contributed by atoms with Crippen molar-refractivity contribution in [2.45, 2.75) is 36.6 Å². The van der Waals surface area contributed by atoms with Crippen molar-refractivity contribution in [3.05, 3.63) is 126 Å². The first-order valence-electron chi connectivity index (χ1n) is 14.8. The van der Waals surface area contributed by atoms with Crippen LogP contribution in [0.3, 0.4) is 0 Å². The van der Waals surface area contributed by atoms with E-state index in [1.54, 1.807) is 0 Å². The molecule has 2 fully saturated rings. The van der Waals surface area contributed by atoms with Crippen LogP contribution in [-0.4, -0.2) is 55.6 Å². The van der Waals surface area contributed by atoms with Gasteiger partial charge in [-0.1, -0.05) is 91.0 Å². The van der Waals surface area contributed by atoms with Gasteiger partial charge in [0, 0.05) is 38.1 Å². The average molecular weight is 619 g/mol. The first-order valence-corrected chi connectivity index (χ1v) is 14.8. The molecule has 234 valence electrons. The van der Waals surface area contributed by atoms with Gasteiger partial charge in [0.05, 0.1) is 18.0 Å². The van der Waals surface area contributed by atoms with E-state index in [9.17, 15) is 18.7 Å². The third-order valence-electron chi connectivity index (χ3n) is 8.22. The summed E-state index contributed by atoms with van der Waals surface area (Å²) in [7, 11) is 0. The molecule has 2 N–H and O–H groups in total. The Balaban J connectivity index is 1.19. The molecule has 0 aromatic heterocycles. The van der Waals surface area contributed by atoms with Gasteiger partial charge in [-0.05, 0) is 16.7 Å². The quantitative estimate of drug-likeness (QED) is 0.136. The average Bonchev–Trinajstić information content (AvgIpc) is 3.81. The van der Waals surface area contributed by atoms with Gasteiger partial charge < -0.3 is 24.2 Å². The van der Waals surface area contributed by atoms with Crippen LogP contribution >= 0.6 is 0 Å². The van der Waals surface area contributed by atoms with E-state index in [4.69, 9.17) is 14.2 Å². The molecule has 7 nitrogen and oxygen atoms in total. The molecule has 0 unspecified atom stereocenters. The Morgan fingerprint density at radius 3 is 1.89 bits per heavy atom. The molecule has 4 aromatic rings. The molecular weight excluding hydrogens is 585 g/mol. The van der Waals surface area contributed by atoms with Gasteiger partial charge in [-0.15, -0.1) is 0 Å². The number of hydrogen-bond donors (Lipinski definition) is 2. The minimum atomic E-state index is -2.80. The number of carboxylic acid groups (broad SMARTS) is 1. The fraction of sp³-hybridized carbons (Fsp3) is 0.286. The lowest BCUT2D eigenvalue weighted by Gasteiger charge is -2.35. The van der Waals surface area contributed by atoms with Gasteiger partial charge in [-0.2, -0.15) is 0 Å². The summed E-state index contributed by atoms with van der Waals surface area (Å²) in [6.07, 6.45) is -2.87. The number of carbonyl (C=O) groups is 1. The van der Waals surface area contributed by atoms with Crippen molar-refractivity contribution in [3.8, 4) is 5.75 Å². The number of ether oxygens (including phenoxy) is 3. The lowest BCUT2D eigenvalue weighted by atomic mass is 9.80. The van der Waals surface area contributed by atoms with E-state index >= 15 is 4.39 Å². The number of amides is 1. The summed E-state index contributed by atoms with van der Waals surface area (Å²) in [4.78, 5) is 12.9. The van der Waals surface area contributed by atoms with Crippen LogP contribution < -0.4 is 15.0 Å². The van der Waals surface area contributed by atoms with Gasteiger partial charge in [-0.3, -0.25) is 5.32 Å². The van der Waals surface area contributed by atoms with Crippen molar-refractivity contribution in [2.24, 2.45) is 0 Å². The summed E-state index contributed by atoms with van der Waals surface area (Å²) in [5, 5.41) is 11.5. The topological polar surface area (TPSA) is 83.6 Å². The number of piperidine rings is 1. The Morgan fingerprint density at radius 2 is 1.38 bits per heavy atom. The Labute approximate surface area is 259 Å². The molecule has 4 aromatic carbocycles. The highest BCUT2D eigenvalue weighted by Crippen LogP contribution is 2.42. The molecule has 2 heterocycles. The number of benzene rings is 4. The number of hydrogen-bond acceptors (Lipinski definition) is 5. The fourth-order valence-corrected chi connectivity index (χ4v) is 5.81. The molecule has 0 aliphatic carbocycles. The van der Waals surface area contributed by atoms with Crippen molar-refractivity contribution in [1.29, 1.82) is 0 Å². The van der Waals surface area contributed by atoms with Gasteiger partial charge in [0.2, 0.25) is 0 Å². The zero-order valence-corrected chi connectivity index (χ0v) is 24.4. The molecule has 2 atom stereocenters. The van der Waals surface area contributed by atoms with Crippen LogP contribution in [0.4, 0.5) is 29.3 Å². The van der Waals surface area contributed by atoms with E-state index in [1.165, 1.54) is 11.0 Å². The van der Waals surface area contributed by atoms with Gasteiger partial charge in [0.15, 0.2) is 0 Å². The molecule has 0 bridgehead atoms. The van der Waals surface area contributed by atoms with E-state index < -0.39 is 36.3 Å². The highest BCUT2D eigenvalue weighted by molar-refractivity contribution is 5.86. The number of anilines is 2. The molecular formula is C35H33F3N2O5. The number of alkyl halides is 2. The van der Waals surface area contributed by atoms with Gasteiger partial charge >= 0.3 is 6.09 Å². The standard InChI is InChI=1S/C35H33F3N2O5/c36-27-20-28(39-33(41)42)30(21-29(27)40-18-16-34(37,38)17-19-40)43-22-31-32(45-31)23-44-35(24-10-4-1-5-11-24,25-12-6-2-7-13-25)26-14-8-3-9-15-26/h1-15,20-21,31-32,39H,16-19,22-23H2,(H,41,42)/t31-,32+/m1/s1. The van der Waals surface area contributed by atoms with Crippen LogP contribution in [0.25, 0.3) is 0 Å². The second kappa shape index (κ2) is 12.8. The van der Waals surface area contributed by atoms with Crippen molar-refractivity contribution < 1.29 is 37.3 Å².